The second-order valence-corrected chi connectivity index (χ2v) is 9.74. The molecule has 2 aromatic rings. The SMILES string of the molecule is CC(C)(C)OC(=O)N1CC=C(c2ccc3nc(C(F)(F)F)c(C4CCC(=O)NC4=O)cc3c2)CC1. The number of alkyl halides is 3. The summed E-state index contributed by atoms with van der Waals surface area (Å²) < 4.78 is 46.8. The number of nitrogens with one attached hydrogen (secondary N) is 1. The Bertz CT molecular complexity index is 1230. The molecule has 1 N–H and O–H groups in total. The highest BCUT2D eigenvalue weighted by Crippen LogP contribution is 2.38. The largest absolute Gasteiger partial charge is 0.444 e. The number of carbonyl (C=O) groups excluding carboxylic acids is 3. The van der Waals surface area contributed by atoms with Crippen LogP contribution < -0.4 is 5.32 Å². The lowest BCUT2D eigenvalue weighted by Gasteiger charge is -2.29. The Morgan fingerprint density at radius 3 is 2.49 bits per heavy atom. The van der Waals surface area contributed by atoms with E-state index in [2.05, 4.69) is 10.3 Å². The van der Waals surface area contributed by atoms with Crippen molar-refractivity contribution in [1.82, 2.24) is 15.2 Å². The van der Waals surface area contributed by atoms with Crippen LogP contribution >= 0.6 is 0 Å². The maximum atomic E-state index is 13.8. The van der Waals surface area contributed by atoms with Gasteiger partial charge in [0.05, 0.1) is 11.4 Å². The van der Waals surface area contributed by atoms with E-state index in [1.165, 1.54) is 12.1 Å². The molecule has 1 aromatic carbocycles. The maximum Gasteiger partial charge on any atom is 0.433 e. The van der Waals surface area contributed by atoms with Gasteiger partial charge in [-0.05, 0) is 68.5 Å². The summed E-state index contributed by atoms with van der Waals surface area (Å²) in [5.74, 6) is -2.36. The van der Waals surface area contributed by atoms with Gasteiger partial charge in [0.1, 0.15) is 11.3 Å². The van der Waals surface area contributed by atoms with Crippen molar-refractivity contribution in [3.8, 4) is 0 Å². The Labute approximate surface area is 200 Å². The number of ether oxygens (including phenoxy) is 1. The molecule has 0 saturated carbocycles. The number of amides is 3. The van der Waals surface area contributed by atoms with Gasteiger partial charge in [-0.15, -0.1) is 0 Å². The second kappa shape index (κ2) is 8.98. The van der Waals surface area contributed by atoms with Gasteiger partial charge in [-0.3, -0.25) is 14.9 Å². The van der Waals surface area contributed by atoms with Crippen LogP contribution in [0.15, 0.2) is 30.3 Å². The first-order chi connectivity index (χ1) is 16.3. The summed E-state index contributed by atoms with van der Waals surface area (Å²) in [7, 11) is 0. The lowest BCUT2D eigenvalue weighted by molar-refractivity contribution is -0.142. The molecular weight excluding hydrogens is 463 g/mol. The zero-order chi connectivity index (χ0) is 25.5. The van der Waals surface area contributed by atoms with E-state index in [1.807, 2.05) is 6.08 Å². The first-order valence-electron chi connectivity index (χ1n) is 11.3. The Balaban J connectivity index is 1.66. The molecule has 2 aliphatic heterocycles. The molecule has 1 fully saturated rings. The van der Waals surface area contributed by atoms with E-state index in [9.17, 15) is 27.6 Å². The monoisotopic (exact) mass is 489 g/mol. The molecule has 35 heavy (non-hydrogen) atoms. The van der Waals surface area contributed by atoms with Gasteiger partial charge in [0.25, 0.3) is 0 Å². The molecule has 3 heterocycles. The molecule has 186 valence electrons. The minimum absolute atomic E-state index is 0.00766. The first kappa shape index (κ1) is 24.7. The third-order valence-corrected chi connectivity index (χ3v) is 5.96. The van der Waals surface area contributed by atoms with E-state index in [0.717, 1.165) is 11.1 Å². The molecule has 4 rings (SSSR count). The van der Waals surface area contributed by atoms with Crippen molar-refractivity contribution in [2.75, 3.05) is 13.1 Å². The minimum Gasteiger partial charge on any atom is -0.444 e. The predicted molar refractivity (Wildman–Crippen MR) is 122 cm³/mol. The van der Waals surface area contributed by atoms with Crippen LogP contribution in [0.3, 0.4) is 0 Å². The van der Waals surface area contributed by atoms with Gasteiger partial charge in [-0.1, -0.05) is 12.1 Å². The number of carbonyl (C=O) groups is 3. The fourth-order valence-electron chi connectivity index (χ4n) is 4.30. The van der Waals surface area contributed by atoms with Crippen LogP contribution in [0.2, 0.25) is 0 Å². The molecule has 1 aromatic heterocycles. The minimum atomic E-state index is -4.75. The summed E-state index contributed by atoms with van der Waals surface area (Å²) in [5, 5.41) is 2.58. The smallest absolute Gasteiger partial charge is 0.433 e. The van der Waals surface area contributed by atoms with Gasteiger partial charge < -0.3 is 9.64 Å². The molecular formula is C25H26F3N3O4. The summed E-state index contributed by atoms with van der Waals surface area (Å²) in [5.41, 5.74) is -0.0322. The van der Waals surface area contributed by atoms with Gasteiger partial charge in [0.15, 0.2) is 0 Å². The highest BCUT2D eigenvalue weighted by Gasteiger charge is 2.40. The number of rotatable bonds is 2. The van der Waals surface area contributed by atoms with Crippen molar-refractivity contribution in [1.29, 1.82) is 0 Å². The van der Waals surface area contributed by atoms with E-state index in [0.29, 0.717) is 24.9 Å². The van der Waals surface area contributed by atoms with E-state index in [4.69, 9.17) is 4.74 Å². The predicted octanol–water partition coefficient (Wildman–Crippen LogP) is 4.80. The number of hydrogen-bond acceptors (Lipinski definition) is 5. The lowest BCUT2D eigenvalue weighted by atomic mass is 9.88. The molecule has 0 spiro atoms. The summed E-state index contributed by atoms with van der Waals surface area (Å²) in [6, 6.07) is 6.32. The number of hydrogen-bond donors (Lipinski definition) is 1. The molecule has 1 saturated heterocycles. The van der Waals surface area contributed by atoms with Crippen LogP contribution in [0.25, 0.3) is 16.5 Å². The topological polar surface area (TPSA) is 88.6 Å². The zero-order valence-corrected chi connectivity index (χ0v) is 19.7. The Hall–Kier alpha value is -3.43. The van der Waals surface area contributed by atoms with E-state index in [-0.39, 0.29) is 23.9 Å². The van der Waals surface area contributed by atoms with Crippen LogP contribution in [0.1, 0.15) is 62.8 Å². The number of piperidine rings is 1. The van der Waals surface area contributed by atoms with Gasteiger partial charge in [0, 0.05) is 24.9 Å². The number of aromatic nitrogens is 1. The third kappa shape index (κ3) is 5.47. The molecule has 1 atom stereocenters. The number of pyridine rings is 1. The molecule has 0 aliphatic carbocycles. The van der Waals surface area contributed by atoms with Crippen molar-refractivity contribution in [3.63, 3.8) is 0 Å². The normalized spacial score (nSPS) is 19.4. The number of nitrogens with zero attached hydrogens (tertiary/aromatic N) is 2. The van der Waals surface area contributed by atoms with Crippen LogP contribution in [-0.2, 0) is 20.5 Å². The molecule has 2 aliphatic rings. The highest BCUT2D eigenvalue weighted by atomic mass is 19.4. The second-order valence-electron chi connectivity index (χ2n) is 9.74. The Kier molecular flexibility index (Phi) is 6.33. The Morgan fingerprint density at radius 1 is 1.14 bits per heavy atom. The third-order valence-electron chi connectivity index (χ3n) is 5.96. The van der Waals surface area contributed by atoms with Gasteiger partial charge >= 0.3 is 12.3 Å². The standard InChI is InChI=1S/C25H26F3N3O4/c1-24(2,3)35-23(34)31-10-8-14(9-11-31)15-4-6-19-16(12-15)13-18(21(29-19)25(26,27)28)17-5-7-20(32)30-22(17)33/h4,6,8,12-13,17H,5,7,9-11H2,1-3H3,(H,30,32,33). The molecule has 7 nitrogen and oxygen atoms in total. The quantitative estimate of drug-likeness (QED) is 0.613. The summed E-state index contributed by atoms with van der Waals surface area (Å²) in [4.78, 5) is 41.6. The Morgan fingerprint density at radius 2 is 1.89 bits per heavy atom. The molecule has 3 amide bonds. The average molecular weight is 489 g/mol. The van der Waals surface area contributed by atoms with Gasteiger partial charge in [-0.2, -0.15) is 13.2 Å². The van der Waals surface area contributed by atoms with Gasteiger partial charge in [0.2, 0.25) is 11.8 Å². The summed E-state index contributed by atoms with van der Waals surface area (Å²) >= 11 is 0. The van der Waals surface area contributed by atoms with Crippen molar-refractivity contribution < 1.29 is 32.3 Å². The molecule has 0 radical (unpaired) electrons. The van der Waals surface area contributed by atoms with Crippen molar-refractivity contribution in [3.05, 3.63) is 47.2 Å². The molecule has 1 unspecified atom stereocenters. The number of halogens is 3. The lowest BCUT2D eigenvalue weighted by Crippen LogP contribution is -2.40. The van der Waals surface area contributed by atoms with E-state index in [1.54, 1.807) is 37.8 Å². The van der Waals surface area contributed by atoms with Gasteiger partial charge in [-0.25, -0.2) is 9.78 Å². The van der Waals surface area contributed by atoms with Crippen LogP contribution in [0.5, 0.6) is 0 Å². The first-order valence-corrected chi connectivity index (χ1v) is 11.3. The number of imide groups is 1. The van der Waals surface area contributed by atoms with E-state index >= 15 is 0 Å². The average Bonchev–Trinajstić information content (AvgIpc) is 2.76. The summed E-state index contributed by atoms with van der Waals surface area (Å²) in [6.07, 6.45) is -2.74. The number of benzene rings is 1. The molecule has 0 bridgehead atoms. The fourth-order valence-corrected chi connectivity index (χ4v) is 4.30. The van der Waals surface area contributed by atoms with Crippen LogP contribution in [-0.4, -0.2) is 46.5 Å². The fraction of sp³-hybridized carbons (Fsp3) is 0.440. The van der Waals surface area contributed by atoms with Crippen LogP contribution in [0, 0.1) is 0 Å². The van der Waals surface area contributed by atoms with Crippen molar-refractivity contribution in [2.24, 2.45) is 0 Å². The number of fused-ring (bicyclic) bond motifs is 1. The zero-order valence-electron chi connectivity index (χ0n) is 19.7. The van der Waals surface area contributed by atoms with Crippen LogP contribution in [0.4, 0.5) is 18.0 Å². The highest BCUT2D eigenvalue weighted by molar-refractivity contribution is 6.01. The molecule has 10 heteroatoms. The van der Waals surface area contributed by atoms with Crippen molar-refractivity contribution >= 4 is 34.4 Å². The maximum absolute atomic E-state index is 13.8. The van der Waals surface area contributed by atoms with E-state index < -0.39 is 41.3 Å². The van der Waals surface area contributed by atoms with Crippen molar-refractivity contribution in [2.45, 2.75) is 57.7 Å². The summed E-state index contributed by atoms with van der Waals surface area (Å²) in [6.45, 7) is 6.20.